The minimum atomic E-state index is 0.0155. The predicted molar refractivity (Wildman–Crippen MR) is 104 cm³/mol. The van der Waals surface area contributed by atoms with Crippen LogP contribution in [0.5, 0.6) is 5.88 Å². The second kappa shape index (κ2) is 8.21. The van der Waals surface area contributed by atoms with Crippen LogP contribution in [0.25, 0.3) is 0 Å². The van der Waals surface area contributed by atoms with Crippen LogP contribution in [0.3, 0.4) is 0 Å². The molecule has 1 N–H and O–H groups in total. The van der Waals surface area contributed by atoms with Gasteiger partial charge in [0.1, 0.15) is 11.9 Å². The molecule has 1 saturated carbocycles. The minimum Gasteiger partial charge on any atom is -0.474 e. The van der Waals surface area contributed by atoms with E-state index in [4.69, 9.17) is 4.74 Å². The molecule has 0 saturated heterocycles. The highest BCUT2D eigenvalue weighted by Gasteiger charge is 2.23. The number of rotatable bonds is 6. The van der Waals surface area contributed by atoms with Crippen molar-refractivity contribution in [1.29, 1.82) is 0 Å². The molecule has 0 atom stereocenters. The van der Waals surface area contributed by atoms with E-state index < -0.39 is 0 Å². The summed E-state index contributed by atoms with van der Waals surface area (Å²) >= 11 is 0. The van der Waals surface area contributed by atoms with Gasteiger partial charge in [0.05, 0.1) is 11.3 Å². The SMILES string of the molecule is CCCc1nc2c(c(=O)[nH]1)CN(Cc1cccnc1OC1CCCC1)CC2. The lowest BCUT2D eigenvalue weighted by Crippen LogP contribution is -2.36. The van der Waals surface area contributed by atoms with Crippen LogP contribution in [0.15, 0.2) is 23.1 Å². The maximum atomic E-state index is 12.5. The van der Waals surface area contributed by atoms with Gasteiger partial charge in [-0.25, -0.2) is 9.97 Å². The van der Waals surface area contributed by atoms with Gasteiger partial charge in [0.25, 0.3) is 5.56 Å². The fourth-order valence-electron chi connectivity index (χ4n) is 4.08. The zero-order valence-corrected chi connectivity index (χ0v) is 16.0. The zero-order valence-electron chi connectivity index (χ0n) is 16.0. The Morgan fingerprint density at radius 1 is 1.33 bits per heavy atom. The smallest absolute Gasteiger partial charge is 0.255 e. The molecular weight excluding hydrogens is 340 g/mol. The van der Waals surface area contributed by atoms with Crippen LogP contribution in [0.4, 0.5) is 0 Å². The van der Waals surface area contributed by atoms with E-state index in [9.17, 15) is 4.79 Å². The van der Waals surface area contributed by atoms with Crippen LogP contribution in [0, 0.1) is 0 Å². The molecule has 2 aromatic heterocycles. The summed E-state index contributed by atoms with van der Waals surface area (Å²) in [7, 11) is 0. The van der Waals surface area contributed by atoms with Crippen molar-refractivity contribution in [2.45, 2.75) is 71.1 Å². The summed E-state index contributed by atoms with van der Waals surface area (Å²) in [5, 5.41) is 0. The molecule has 3 heterocycles. The molecule has 6 heteroatoms. The molecule has 4 rings (SSSR count). The van der Waals surface area contributed by atoms with E-state index in [0.717, 1.165) is 73.7 Å². The summed E-state index contributed by atoms with van der Waals surface area (Å²) in [6.07, 6.45) is 9.44. The largest absolute Gasteiger partial charge is 0.474 e. The van der Waals surface area contributed by atoms with E-state index in [1.807, 2.05) is 6.07 Å². The molecule has 1 aliphatic heterocycles. The van der Waals surface area contributed by atoms with Crippen molar-refractivity contribution in [1.82, 2.24) is 19.9 Å². The number of hydrogen-bond donors (Lipinski definition) is 1. The molecule has 0 unspecified atom stereocenters. The van der Waals surface area contributed by atoms with Crippen molar-refractivity contribution in [2.75, 3.05) is 6.54 Å². The third-order valence-corrected chi connectivity index (χ3v) is 5.51. The molecule has 27 heavy (non-hydrogen) atoms. The van der Waals surface area contributed by atoms with Gasteiger partial charge in [-0.3, -0.25) is 9.69 Å². The van der Waals surface area contributed by atoms with Gasteiger partial charge < -0.3 is 9.72 Å². The summed E-state index contributed by atoms with van der Waals surface area (Å²) in [6.45, 7) is 4.36. The molecule has 0 bridgehead atoms. The lowest BCUT2D eigenvalue weighted by molar-refractivity contribution is 0.189. The Kier molecular flexibility index (Phi) is 5.53. The van der Waals surface area contributed by atoms with E-state index in [2.05, 4.69) is 32.8 Å². The van der Waals surface area contributed by atoms with Crippen molar-refractivity contribution in [3.8, 4) is 5.88 Å². The minimum absolute atomic E-state index is 0.0155. The summed E-state index contributed by atoms with van der Waals surface area (Å²) < 4.78 is 6.17. The zero-order chi connectivity index (χ0) is 18.6. The van der Waals surface area contributed by atoms with Crippen molar-refractivity contribution in [3.63, 3.8) is 0 Å². The molecule has 1 aliphatic carbocycles. The quantitative estimate of drug-likeness (QED) is 0.849. The number of aromatic amines is 1. The van der Waals surface area contributed by atoms with Crippen LogP contribution in [-0.2, 0) is 25.9 Å². The highest BCUT2D eigenvalue weighted by Crippen LogP contribution is 2.26. The molecule has 2 aromatic rings. The van der Waals surface area contributed by atoms with Crippen LogP contribution < -0.4 is 10.3 Å². The molecule has 2 aliphatic rings. The standard InChI is InChI=1S/C21H28N4O2/c1-2-6-19-23-18-10-12-25(14-17(18)20(26)24-19)13-15-7-5-11-22-21(15)27-16-8-3-4-9-16/h5,7,11,16H,2-4,6,8-10,12-14H2,1H3,(H,23,24,26). The lowest BCUT2D eigenvalue weighted by Gasteiger charge is -2.28. The van der Waals surface area contributed by atoms with Gasteiger partial charge in [-0.15, -0.1) is 0 Å². The summed E-state index contributed by atoms with van der Waals surface area (Å²) in [6, 6.07) is 4.04. The first-order valence-electron chi connectivity index (χ1n) is 10.2. The van der Waals surface area contributed by atoms with Crippen molar-refractivity contribution in [3.05, 3.63) is 51.3 Å². The van der Waals surface area contributed by atoms with Crippen LogP contribution in [0.2, 0.25) is 0 Å². The van der Waals surface area contributed by atoms with Gasteiger partial charge in [-0.05, 0) is 38.2 Å². The Morgan fingerprint density at radius 2 is 2.19 bits per heavy atom. The number of aromatic nitrogens is 3. The Labute approximate surface area is 160 Å². The summed E-state index contributed by atoms with van der Waals surface area (Å²) in [4.78, 5) is 26.9. The lowest BCUT2D eigenvalue weighted by atomic mass is 10.1. The molecule has 0 amide bonds. The maximum Gasteiger partial charge on any atom is 0.255 e. The average molecular weight is 368 g/mol. The number of aryl methyl sites for hydroxylation is 1. The molecule has 0 spiro atoms. The fraction of sp³-hybridized carbons (Fsp3) is 0.571. The summed E-state index contributed by atoms with van der Waals surface area (Å²) in [5.74, 6) is 1.56. The molecular formula is C21H28N4O2. The topological polar surface area (TPSA) is 71.1 Å². The highest BCUT2D eigenvalue weighted by atomic mass is 16.5. The highest BCUT2D eigenvalue weighted by molar-refractivity contribution is 5.27. The molecule has 1 fully saturated rings. The van der Waals surface area contributed by atoms with E-state index in [0.29, 0.717) is 12.6 Å². The first-order valence-corrected chi connectivity index (χ1v) is 10.2. The number of H-pyrrole nitrogens is 1. The van der Waals surface area contributed by atoms with Gasteiger partial charge in [0.2, 0.25) is 5.88 Å². The molecule has 0 aromatic carbocycles. The van der Waals surface area contributed by atoms with Gasteiger partial charge >= 0.3 is 0 Å². The maximum absolute atomic E-state index is 12.5. The Balaban J connectivity index is 1.48. The molecule has 0 radical (unpaired) electrons. The number of nitrogens with zero attached hydrogens (tertiary/aromatic N) is 3. The van der Waals surface area contributed by atoms with Gasteiger partial charge in [0, 0.05) is 44.2 Å². The Hall–Kier alpha value is -2.21. The average Bonchev–Trinajstić information content (AvgIpc) is 3.17. The first-order chi connectivity index (χ1) is 13.2. The van der Waals surface area contributed by atoms with Crippen LogP contribution >= 0.6 is 0 Å². The van der Waals surface area contributed by atoms with Gasteiger partial charge in [0.15, 0.2) is 0 Å². The van der Waals surface area contributed by atoms with Crippen molar-refractivity contribution in [2.24, 2.45) is 0 Å². The second-order valence-electron chi connectivity index (χ2n) is 7.64. The fourth-order valence-corrected chi connectivity index (χ4v) is 4.08. The number of pyridine rings is 1. The Bertz CT molecular complexity index is 842. The third kappa shape index (κ3) is 4.21. The van der Waals surface area contributed by atoms with Crippen LogP contribution in [0.1, 0.15) is 61.7 Å². The van der Waals surface area contributed by atoms with Gasteiger partial charge in [-0.2, -0.15) is 0 Å². The number of ether oxygens (including phenoxy) is 1. The van der Waals surface area contributed by atoms with Crippen LogP contribution in [-0.4, -0.2) is 32.5 Å². The van der Waals surface area contributed by atoms with E-state index in [1.165, 1.54) is 12.8 Å². The van der Waals surface area contributed by atoms with Gasteiger partial charge in [-0.1, -0.05) is 13.0 Å². The first kappa shape index (κ1) is 18.2. The van der Waals surface area contributed by atoms with Crippen molar-refractivity contribution >= 4 is 0 Å². The van der Waals surface area contributed by atoms with E-state index in [1.54, 1.807) is 6.20 Å². The predicted octanol–water partition coefficient (Wildman–Crippen LogP) is 3.00. The second-order valence-corrected chi connectivity index (χ2v) is 7.64. The number of fused-ring (bicyclic) bond motifs is 1. The van der Waals surface area contributed by atoms with Crippen molar-refractivity contribution < 1.29 is 4.74 Å². The molecule has 6 nitrogen and oxygen atoms in total. The Morgan fingerprint density at radius 3 is 3.00 bits per heavy atom. The summed E-state index contributed by atoms with van der Waals surface area (Å²) in [5.41, 5.74) is 2.89. The third-order valence-electron chi connectivity index (χ3n) is 5.51. The molecule has 144 valence electrons. The van der Waals surface area contributed by atoms with E-state index >= 15 is 0 Å². The number of nitrogens with one attached hydrogen (secondary N) is 1. The number of hydrogen-bond acceptors (Lipinski definition) is 5. The normalized spacial score (nSPS) is 17.8. The van der Waals surface area contributed by atoms with E-state index in [-0.39, 0.29) is 5.56 Å². The monoisotopic (exact) mass is 368 g/mol.